The molecule has 0 radical (unpaired) electrons. The Morgan fingerprint density at radius 2 is 2.09 bits per heavy atom. The molecule has 0 fully saturated rings. The van der Waals surface area contributed by atoms with Crippen LogP contribution in [0.15, 0.2) is 43.0 Å². The molecule has 1 aromatic heterocycles. The first-order valence-electron chi connectivity index (χ1n) is 7.74. The summed E-state index contributed by atoms with van der Waals surface area (Å²) >= 11 is 0. The van der Waals surface area contributed by atoms with Crippen LogP contribution < -0.4 is 10.6 Å². The second kappa shape index (κ2) is 8.89. The van der Waals surface area contributed by atoms with Gasteiger partial charge in [-0.05, 0) is 25.3 Å². The lowest BCUT2D eigenvalue weighted by molar-refractivity contribution is 0.228. The number of rotatable bonds is 8. The summed E-state index contributed by atoms with van der Waals surface area (Å²) < 4.78 is 1.67. The molecule has 2 aromatic rings. The van der Waals surface area contributed by atoms with Gasteiger partial charge in [-0.2, -0.15) is 5.10 Å². The second-order valence-corrected chi connectivity index (χ2v) is 5.47. The van der Waals surface area contributed by atoms with E-state index < -0.39 is 0 Å². The molecule has 0 aliphatic heterocycles. The van der Waals surface area contributed by atoms with Gasteiger partial charge in [-0.3, -0.25) is 4.68 Å². The van der Waals surface area contributed by atoms with Crippen molar-refractivity contribution in [2.45, 2.75) is 38.4 Å². The lowest BCUT2D eigenvalue weighted by Crippen LogP contribution is -2.44. The van der Waals surface area contributed by atoms with Crippen molar-refractivity contribution in [3.8, 4) is 0 Å². The van der Waals surface area contributed by atoms with E-state index in [0.717, 1.165) is 5.56 Å². The van der Waals surface area contributed by atoms with Crippen LogP contribution in [0, 0.1) is 0 Å². The van der Waals surface area contributed by atoms with Crippen molar-refractivity contribution < 1.29 is 9.90 Å². The van der Waals surface area contributed by atoms with E-state index in [9.17, 15) is 4.79 Å². The van der Waals surface area contributed by atoms with Crippen LogP contribution in [0.1, 0.15) is 31.4 Å². The van der Waals surface area contributed by atoms with E-state index in [1.54, 1.807) is 11.0 Å². The van der Waals surface area contributed by atoms with Crippen LogP contribution in [-0.4, -0.2) is 38.6 Å². The van der Waals surface area contributed by atoms with Gasteiger partial charge in [0, 0.05) is 12.6 Å². The molecule has 23 heavy (non-hydrogen) atoms. The minimum atomic E-state index is -0.232. The molecule has 1 heterocycles. The topological polar surface area (TPSA) is 92.1 Å². The van der Waals surface area contributed by atoms with Gasteiger partial charge in [0.15, 0.2) is 0 Å². The highest BCUT2D eigenvalue weighted by atomic mass is 16.3. The van der Waals surface area contributed by atoms with Crippen LogP contribution in [0.25, 0.3) is 0 Å². The molecule has 2 rings (SSSR count). The van der Waals surface area contributed by atoms with Crippen molar-refractivity contribution in [1.82, 2.24) is 25.4 Å². The number of urea groups is 1. The third-order valence-electron chi connectivity index (χ3n) is 3.46. The summed E-state index contributed by atoms with van der Waals surface area (Å²) in [5, 5.41) is 18.9. The number of aliphatic hydroxyl groups excluding tert-OH is 1. The van der Waals surface area contributed by atoms with Crippen LogP contribution >= 0.6 is 0 Å². The molecular formula is C16H23N5O2. The van der Waals surface area contributed by atoms with Crippen molar-refractivity contribution >= 4 is 6.03 Å². The third-order valence-corrected chi connectivity index (χ3v) is 3.46. The van der Waals surface area contributed by atoms with Gasteiger partial charge >= 0.3 is 6.03 Å². The fourth-order valence-electron chi connectivity index (χ4n) is 2.38. The normalized spacial score (nSPS) is 13.3. The highest BCUT2D eigenvalue weighted by molar-refractivity contribution is 5.74. The molecular weight excluding hydrogens is 294 g/mol. The molecule has 1 aromatic carbocycles. The first kappa shape index (κ1) is 17.0. The largest absolute Gasteiger partial charge is 0.396 e. The van der Waals surface area contributed by atoms with Crippen LogP contribution in [0.2, 0.25) is 0 Å². The standard InChI is InChI=1S/C16H23N5O2/c1-13(10-21-12-17-11-18-21)19-16(23)20-15(8-5-9-22)14-6-3-2-4-7-14/h2-4,6-7,11-13,15,22H,5,8-10H2,1H3,(H2,19,20,23). The molecule has 2 unspecified atom stereocenters. The lowest BCUT2D eigenvalue weighted by Gasteiger charge is -2.21. The van der Waals surface area contributed by atoms with Gasteiger partial charge in [0.1, 0.15) is 12.7 Å². The van der Waals surface area contributed by atoms with Crippen LogP contribution in [0.4, 0.5) is 4.79 Å². The van der Waals surface area contributed by atoms with E-state index in [4.69, 9.17) is 5.11 Å². The SMILES string of the molecule is CC(Cn1cncn1)NC(=O)NC(CCCO)c1ccccc1. The molecule has 0 saturated heterocycles. The summed E-state index contributed by atoms with van der Waals surface area (Å²) in [6.07, 6.45) is 4.40. The summed E-state index contributed by atoms with van der Waals surface area (Å²) in [7, 11) is 0. The molecule has 0 spiro atoms. The van der Waals surface area contributed by atoms with Crippen molar-refractivity contribution in [2.24, 2.45) is 0 Å². The van der Waals surface area contributed by atoms with Crippen LogP contribution in [-0.2, 0) is 6.54 Å². The fraction of sp³-hybridized carbons (Fsp3) is 0.438. The van der Waals surface area contributed by atoms with E-state index in [2.05, 4.69) is 20.7 Å². The first-order valence-corrected chi connectivity index (χ1v) is 7.74. The van der Waals surface area contributed by atoms with Crippen molar-refractivity contribution in [2.75, 3.05) is 6.61 Å². The molecule has 7 heteroatoms. The zero-order valence-corrected chi connectivity index (χ0v) is 13.2. The summed E-state index contributed by atoms with van der Waals surface area (Å²) in [5.41, 5.74) is 1.03. The van der Waals surface area contributed by atoms with Gasteiger partial charge < -0.3 is 15.7 Å². The van der Waals surface area contributed by atoms with Gasteiger partial charge in [-0.25, -0.2) is 9.78 Å². The van der Waals surface area contributed by atoms with Crippen molar-refractivity contribution in [3.63, 3.8) is 0 Å². The fourth-order valence-corrected chi connectivity index (χ4v) is 2.38. The number of amides is 2. The van der Waals surface area contributed by atoms with Crippen LogP contribution in [0.3, 0.4) is 0 Å². The molecule has 2 atom stereocenters. The predicted molar refractivity (Wildman–Crippen MR) is 86.7 cm³/mol. The number of aromatic nitrogens is 3. The van der Waals surface area contributed by atoms with E-state index in [0.29, 0.717) is 19.4 Å². The maximum Gasteiger partial charge on any atom is 0.315 e. The van der Waals surface area contributed by atoms with Gasteiger partial charge in [0.2, 0.25) is 0 Å². The van der Waals surface area contributed by atoms with Gasteiger partial charge in [0.25, 0.3) is 0 Å². The number of nitrogens with one attached hydrogen (secondary N) is 2. The lowest BCUT2D eigenvalue weighted by atomic mass is 10.0. The highest BCUT2D eigenvalue weighted by Gasteiger charge is 2.15. The minimum absolute atomic E-state index is 0.0778. The number of carbonyl (C=O) groups is 1. The first-order chi connectivity index (χ1) is 11.2. The number of nitrogens with zero attached hydrogens (tertiary/aromatic N) is 3. The molecule has 2 amide bonds. The number of benzene rings is 1. The van der Waals surface area contributed by atoms with E-state index >= 15 is 0 Å². The molecule has 124 valence electrons. The Kier molecular flexibility index (Phi) is 6.56. The van der Waals surface area contributed by atoms with Gasteiger partial charge in [-0.15, -0.1) is 0 Å². The Hall–Kier alpha value is -2.41. The number of carbonyl (C=O) groups excluding carboxylic acids is 1. The zero-order chi connectivity index (χ0) is 16.5. The predicted octanol–water partition coefficient (Wildman–Crippen LogP) is 1.48. The van der Waals surface area contributed by atoms with E-state index in [1.807, 2.05) is 37.3 Å². The Morgan fingerprint density at radius 1 is 1.30 bits per heavy atom. The average Bonchev–Trinajstić information content (AvgIpc) is 3.05. The van der Waals surface area contributed by atoms with Crippen molar-refractivity contribution in [3.05, 3.63) is 48.5 Å². The van der Waals surface area contributed by atoms with Crippen LogP contribution in [0.5, 0.6) is 0 Å². The molecule has 0 aliphatic carbocycles. The summed E-state index contributed by atoms with van der Waals surface area (Å²) in [6, 6.07) is 9.33. The maximum atomic E-state index is 12.2. The quantitative estimate of drug-likeness (QED) is 0.687. The number of hydrogen-bond acceptors (Lipinski definition) is 4. The molecule has 0 bridgehead atoms. The monoisotopic (exact) mass is 317 g/mol. The average molecular weight is 317 g/mol. The Labute approximate surface area is 135 Å². The highest BCUT2D eigenvalue weighted by Crippen LogP contribution is 2.17. The summed E-state index contributed by atoms with van der Waals surface area (Å²) in [6.45, 7) is 2.57. The third kappa shape index (κ3) is 5.71. The van der Waals surface area contributed by atoms with Crippen molar-refractivity contribution in [1.29, 1.82) is 0 Å². The Balaban J connectivity index is 1.89. The van der Waals surface area contributed by atoms with E-state index in [1.165, 1.54) is 6.33 Å². The smallest absolute Gasteiger partial charge is 0.315 e. The number of aliphatic hydroxyl groups is 1. The Morgan fingerprint density at radius 3 is 2.74 bits per heavy atom. The zero-order valence-electron chi connectivity index (χ0n) is 13.2. The van der Waals surface area contributed by atoms with E-state index in [-0.39, 0.29) is 24.7 Å². The summed E-state index contributed by atoms with van der Waals surface area (Å²) in [4.78, 5) is 16.1. The molecule has 3 N–H and O–H groups in total. The second-order valence-electron chi connectivity index (χ2n) is 5.47. The Bertz CT molecular complexity index is 573. The maximum absolute atomic E-state index is 12.2. The number of hydrogen-bond donors (Lipinski definition) is 3. The molecule has 0 aliphatic rings. The van der Waals surface area contributed by atoms with Gasteiger partial charge in [-0.1, -0.05) is 30.3 Å². The molecule has 7 nitrogen and oxygen atoms in total. The minimum Gasteiger partial charge on any atom is -0.396 e. The van der Waals surface area contributed by atoms with Gasteiger partial charge in [0.05, 0.1) is 12.6 Å². The summed E-state index contributed by atoms with van der Waals surface area (Å²) in [5.74, 6) is 0. The molecule has 0 saturated carbocycles.